The van der Waals surface area contributed by atoms with E-state index in [0.29, 0.717) is 36.4 Å². The van der Waals surface area contributed by atoms with E-state index in [9.17, 15) is 0 Å². The van der Waals surface area contributed by atoms with Crippen molar-refractivity contribution in [3.05, 3.63) is 42.6 Å². The molecule has 0 spiro atoms. The van der Waals surface area contributed by atoms with E-state index < -0.39 is 0 Å². The average molecular weight is 409 g/mol. The maximum Gasteiger partial charge on any atom is 0.276 e. The Balaban J connectivity index is 1.26. The van der Waals surface area contributed by atoms with Gasteiger partial charge in [0.2, 0.25) is 0 Å². The molecule has 0 radical (unpaired) electrons. The highest BCUT2D eigenvalue weighted by atomic mass is 16.5. The van der Waals surface area contributed by atoms with Crippen molar-refractivity contribution in [2.75, 3.05) is 31.6 Å². The number of hydrogen-bond donors (Lipinski definition) is 2. The smallest absolute Gasteiger partial charge is 0.276 e. The van der Waals surface area contributed by atoms with E-state index in [1.54, 1.807) is 13.2 Å². The summed E-state index contributed by atoms with van der Waals surface area (Å²) < 4.78 is 7.14. The quantitative estimate of drug-likeness (QED) is 0.462. The highest BCUT2D eigenvalue weighted by Gasteiger charge is 2.21. The third-order valence-electron chi connectivity index (χ3n) is 5.04. The largest absolute Gasteiger partial charge is 0.367 e. The molecule has 4 rings (SSSR count). The lowest BCUT2D eigenvalue weighted by molar-refractivity contribution is 0.421. The van der Waals surface area contributed by atoms with Crippen LogP contribution in [0, 0.1) is 0 Å². The highest BCUT2D eigenvalue weighted by molar-refractivity contribution is 5.80. The molecule has 1 aliphatic rings. The molecule has 0 amide bonds. The number of hydrogen-bond acceptors (Lipinski definition) is 7. The van der Waals surface area contributed by atoms with Crippen molar-refractivity contribution in [2.45, 2.75) is 25.3 Å². The van der Waals surface area contributed by atoms with Crippen LogP contribution < -0.4 is 15.5 Å². The molecule has 1 fully saturated rings. The zero-order valence-corrected chi connectivity index (χ0v) is 17.3. The van der Waals surface area contributed by atoms with Gasteiger partial charge in [-0.3, -0.25) is 14.7 Å². The van der Waals surface area contributed by atoms with Gasteiger partial charge in [0, 0.05) is 58.6 Å². The molecule has 30 heavy (non-hydrogen) atoms. The minimum Gasteiger partial charge on any atom is -0.367 e. The van der Waals surface area contributed by atoms with Crippen molar-refractivity contribution < 1.29 is 4.52 Å². The van der Waals surface area contributed by atoms with E-state index in [2.05, 4.69) is 46.9 Å². The molecule has 1 saturated heterocycles. The normalized spacial score (nSPS) is 17.2. The summed E-state index contributed by atoms with van der Waals surface area (Å²) in [6, 6.07) is 5.92. The van der Waals surface area contributed by atoms with Crippen LogP contribution in [0.15, 0.2) is 46.3 Å². The zero-order chi connectivity index (χ0) is 20.8. The minimum absolute atomic E-state index is 0.325. The summed E-state index contributed by atoms with van der Waals surface area (Å²) in [5.41, 5.74) is 1.84. The Labute approximate surface area is 175 Å². The first-order valence-corrected chi connectivity index (χ1v) is 10.2. The molecule has 1 aliphatic heterocycles. The number of guanidine groups is 1. The van der Waals surface area contributed by atoms with Gasteiger partial charge in [-0.25, -0.2) is 0 Å². The van der Waals surface area contributed by atoms with Gasteiger partial charge in [-0.2, -0.15) is 10.1 Å². The lowest BCUT2D eigenvalue weighted by Crippen LogP contribution is -2.51. The van der Waals surface area contributed by atoms with Gasteiger partial charge in [-0.15, -0.1) is 0 Å². The summed E-state index contributed by atoms with van der Waals surface area (Å²) in [5, 5.41) is 15.2. The van der Waals surface area contributed by atoms with Crippen molar-refractivity contribution in [1.29, 1.82) is 0 Å². The number of nitrogens with zero attached hydrogens (tertiary/aromatic N) is 7. The van der Waals surface area contributed by atoms with Crippen LogP contribution in [-0.4, -0.2) is 63.6 Å². The number of rotatable bonds is 6. The number of aromatic nitrogens is 5. The van der Waals surface area contributed by atoms with Gasteiger partial charge in [-0.05, 0) is 25.0 Å². The summed E-state index contributed by atoms with van der Waals surface area (Å²) in [4.78, 5) is 15.4. The fourth-order valence-corrected chi connectivity index (χ4v) is 3.53. The first-order chi connectivity index (χ1) is 14.7. The van der Waals surface area contributed by atoms with Crippen molar-refractivity contribution in [2.24, 2.45) is 12.0 Å². The molecular formula is C20H27N9O. The van der Waals surface area contributed by atoms with Crippen LogP contribution in [0.2, 0.25) is 0 Å². The molecular weight excluding hydrogens is 382 g/mol. The summed E-state index contributed by atoms with van der Waals surface area (Å²) in [7, 11) is 3.72. The minimum atomic E-state index is 0.325. The molecule has 0 aromatic carbocycles. The Morgan fingerprint density at radius 1 is 1.37 bits per heavy atom. The van der Waals surface area contributed by atoms with E-state index in [1.807, 2.05) is 36.1 Å². The molecule has 3 aromatic heterocycles. The van der Waals surface area contributed by atoms with Gasteiger partial charge in [0.15, 0.2) is 11.8 Å². The Kier molecular flexibility index (Phi) is 6.21. The molecule has 10 heteroatoms. The second-order valence-electron chi connectivity index (χ2n) is 7.28. The third-order valence-corrected chi connectivity index (χ3v) is 5.04. The first-order valence-electron chi connectivity index (χ1n) is 10.2. The maximum absolute atomic E-state index is 5.30. The SMILES string of the molecule is CN=C(NCCc1noc(-c2ccccn2)n1)NC1CCCN(c2cnn(C)c2)C1. The first kappa shape index (κ1) is 19.9. The van der Waals surface area contributed by atoms with E-state index in [-0.39, 0.29) is 0 Å². The van der Waals surface area contributed by atoms with Crippen LogP contribution in [0.5, 0.6) is 0 Å². The Morgan fingerprint density at radius 3 is 3.07 bits per heavy atom. The topological polar surface area (TPSA) is 109 Å². The Bertz CT molecular complexity index is 966. The van der Waals surface area contributed by atoms with Crippen LogP contribution >= 0.6 is 0 Å². The Hall–Kier alpha value is -3.43. The van der Waals surface area contributed by atoms with Gasteiger partial charge in [0.1, 0.15) is 5.69 Å². The van der Waals surface area contributed by atoms with Crippen molar-refractivity contribution in [1.82, 2.24) is 35.5 Å². The number of pyridine rings is 1. The lowest BCUT2D eigenvalue weighted by Gasteiger charge is -2.34. The maximum atomic E-state index is 5.30. The zero-order valence-electron chi connectivity index (χ0n) is 17.3. The summed E-state index contributed by atoms with van der Waals surface area (Å²) in [5.74, 6) is 1.85. The van der Waals surface area contributed by atoms with Crippen molar-refractivity contribution in [3.63, 3.8) is 0 Å². The standard InChI is InChI=1S/C20H27N9O/c1-21-20(25-15-6-5-11-29(13-15)16-12-24-28(2)14-16)23-10-8-18-26-19(30-27-18)17-7-3-4-9-22-17/h3-4,7,9,12,14-15H,5-6,8,10-11,13H2,1-2H3,(H2,21,23,25). The van der Waals surface area contributed by atoms with Crippen LogP contribution in [-0.2, 0) is 13.5 Å². The number of aliphatic imine (C=N–C) groups is 1. The summed E-state index contributed by atoms with van der Waals surface area (Å²) in [6.07, 6.45) is 8.54. The Morgan fingerprint density at radius 2 is 2.30 bits per heavy atom. The van der Waals surface area contributed by atoms with Gasteiger partial charge < -0.3 is 20.1 Å². The van der Waals surface area contributed by atoms with Gasteiger partial charge in [-0.1, -0.05) is 11.2 Å². The molecule has 0 saturated carbocycles. The van der Waals surface area contributed by atoms with Gasteiger partial charge >= 0.3 is 0 Å². The predicted octanol–water partition coefficient (Wildman–Crippen LogP) is 1.24. The van der Waals surface area contributed by atoms with Crippen molar-refractivity contribution in [3.8, 4) is 11.6 Å². The van der Waals surface area contributed by atoms with Crippen LogP contribution in [0.1, 0.15) is 18.7 Å². The van der Waals surface area contributed by atoms with E-state index in [4.69, 9.17) is 4.52 Å². The molecule has 1 unspecified atom stereocenters. The molecule has 158 valence electrons. The highest BCUT2D eigenvalue weighted by Crippen LogP contribution is 2.19. The third kappa shape index (κ3) is 4.94. The number of piperidine rings is 1. The van der Waals surface area contributed by atoms with Crippen LogP contribution in [0.4, 0.5) is 5.69 Å². The van der Waals surface area contributed by atoms with Crippen molar-refractivity contribution >= 4 is 11.6 Å². The van der Waals surface area contributed by atoms with Crippen LogP contribution in [0.25, 0.3) is 11.6 Å². The molecule has 10 nitrogen and oxygen atoms in total. The molecule has 3 aromatic rings. The monoisotopic (exact) mass is 409 g/mol. The van der Waals surface area contributed by atoms with E-state index >= 15 is 0 Å². The second-order valence-corrected chi connectivity index (χ2v) is 7.28. The van der Waals surface area contributed by atoms with E-state index in [1.165, 1.54) is 0 Å². The molecule has 1 atom stereocenters. The second kappa shape index (κ2) is 9.38. The van der Waals surface area contributed by atoms with Gasteiger partial charge in [0.05, 0.1) is 11.9 Å². The predicted molar refractivity (Wildman–Crippen MR) is 114 cm³/mol. The number of nitrogens with one attached hydrogen (secondary N) is 2. The fraction of sp³-hybridized carbons (Fsp3) is 0.450. The number of anilines is 1. The van der Waals surface area contributed by atoms with E-state index in [0.717, 1.165) is 37.6 Å². The summed E-state index contributed by atoms with van der Waals surface area (Å²) in [6.45, 7) is 2.62. The summed E-state index contributed by atoms with van der Waals surface area (Å²) >= 11 is 0. The average Bonchev–Trinajstić information content (AvgIpc) is 3.43. The molecule has 2 N–H and O–H groups in total. The lowest BCUT2D eigenvalue weighted by atomic mass is 10.1. The number of aryl methyl sites for hydroxylation is 1. The fourth-order valence-electron chi connectivity index (χ4n) is 3.53. The molecule has 4 heterocycles. The molecule has 0 aliphatic carbocycles. The van der Waals surface area contributed by atoms with Crippen LogP contribution in [0.3, 0.4) is 0 Å². The van der Waals surface area contributed by atoms with Gasteiger partial charge in [0.25, 0.3) is 5.89 Å². The molecule has 0 bridgehead atoms.